The minimum absolute atomic E-state index is 0.519. The second-order valence-corrected chi connectivity index (χ2v) is 7.43. The highest BCUT2D eigenvalue weighted by Crippen LogP contribution is 2.28. The Morgan fingerprint density at radius 1 is 1.47 bits per heavy atom. The number of benzene rings is 1. The lowest BCUT2D eigenvalue weighted by atomic mass is 10.1. The minimum atomic E-state index is 0.519. The summed E-state index contributed by atoms with van der Waals surface area (Å²) in [5.41, 5.74) is 2.67. The van der Waals surface area contributed by atoms with E-state index in [4.69, 9.17) is 0 Å². The molecule has 0 bridgehead atoms. The monoisotopic (exact) mass is 342 g/mol. The lowest BCUT2D eigenvalue weighted by molar-refractivity contribution is 0.587. The van der Waals surface area contributed by atoms with Gasteiger partial charge in [-0.2, -0.15) is 11.8 Å². The molecule has 0 amide bonds. The maximum absolute atomic E-state index is 3.71. The molecule has 1 fully saturated rings. The van der Waals surface area contributed by atoms with Gasteiger partial charge in [0, 0.05) is 46.8 Å². The van der Waals surface area contributed by atoms with Crippen LogP contribution in [0.2, 0.25) is 0 Å². The number of hydrogen-bond acceptors (Lipinski definition) is 3. The van der Waals surface area contributed by atoms with Gasteiger partial charge >= 0.3 is 0 Å². The van der Waals surface area contributed by atoms with Crippen molar-refractivity contribution < 1.29 is 0 Å². The molecule has 1 unspecified atom stereocenters. The molecule has 1 aliphatic heterocycles. The van der Waals surface area contributed by atoms with Gasteiger partial charge in [0.1, 0.15) is 0 Å². The molecule has 1 aromatic carbocycles. The maximum Gasteiger partial charge on any atom is 0.0380 e. The fourth-order valence-electron chi connectivity index (χ4n) is 2.28. The first-order valence-corrected chi connectivity index (χ1v) is 8.89. The molecule has 1 aliphatic rings. The predicted molar refractivity (Wildman–Crippen MR) is 90.3 cm³/mol. The Kier molecular flexibility index (Phi) is 5.60. The predicted octanol–water partition coefficient (Wildman–Crippen LogP) is 3.89. The second kappa shape index (κ2) is 7.00. The van der Waals surface area contributed by atoms with Crippen LogP contribution in [0.15, 0.2) is 22.7 Å². The lowest BCUT2D eigenvalue weighted by Gasteiger charge is -2.35. The molecule has 2 rings (SSSR count). The first-order chi connectivity index (χ1) is 9.08. The number of halogens is 1. The number of nitrogens with one attached hydrogen (secondary N) is 1. The van der Waals surface area contributed by atoms with E-state index < -0.39 is 0 Å². The highest BCUT2D eigenvalue weighted by molar-refractivity contribution is 9.10. The van der Waals surface area contributed by atoms with Crippen LogP contribution in [-0.2, 0) is 6.54 Å². The molecule has 1 saturated heterocycles. The molecular weight excluding hydrogens is 320 g/mol. The Balaban J connectivity index is 2.09. The summed E-state index contributed by atoms with van der Waals surface area (Å²) in [7, 11) is 0. The maximum atomic E-state index is 3.71. The van der Waals surface area contributed by atoms with E-state index in [1.165, 1.54) is 27.2 Å². The molecule has 0 saturated carbocycles. The van der Waals surface area contributed by atoms with Crippen molar-refractivity contribution in [2.45, 2.75) is 39.4 Å². The van der Waals surface area contributed by atoms with Crippen LogP contribution in [0.5, 0.6) is 0 Å². The molecule has 1 heterocycles. The van der Waals surface area contributed by atoms with E-state index in [9.17, 15) is 0 Å². The zero-order chi connectivity index (χ0) is 13.8. The van der Waals surface area contributed by atoms with Crippen LogP contribution in [0.3, 0.4) is 0 Å². The molecule has 1 N–H and O–H groups in total. The van der Waals surface area contributed by atoms with E-state index in [1.807, 2.05) is 0 Å². The largest absolute Gasteiger partial charge is 0.367 e. The summed E-state index contributed by atoms with van der Waals surface area (Å²) < 4.78 is 1.21. The van der Waals surface area contributed by atoms with E-state index in [0.717, 1.165) is 13.1 Å². The number of thioether (sulfide) groups is 1. The van der Waals surface area contributed by atoms with E-state index in [-0.39, 0.29) is 0 Å². The number of nitrogens with zero attached hydrogens (tertiary/aromatic N) is 1. The summed E-state index contributed by atoms with van der Waals surface area (Å²) in [6.07, 6.45) is 0. The van der Waals surface area contributed by atoms with Crippen LogP contribution in [0, 0.1) is 0 Å². The smallest absolute Gasteiger partial charge is 0.0380 e. The third-order valence-corrected chi connectivity index (χ3v) is 5.36. The Bertz CT molecular complexity index is 423. The summed E-state index contributed by atoms with van der Waals surface area (Å²) in [5.74, 6) is 2.47. The molecule has 1 aromatic rings. The van der Waals surface area contributed by atoms with Gasteiger partial charge in [-0.05, 0) is 24.6 Å². The highest BCUT2D eigenvalue weighted by atomic mass is 79.9. The third kappa shape index (κ3) is 4.14. The van der Waals surface area contributed by atoms with E-state index in [1.54, 1.807) is 0 Å². The van der Waals surface area contributed by atoms with Gasteiger partial charge in [0.25, 0.3) is 0 Å². The molecule has 1 atom stereocenters. The molecule has 2 nitrogen and oxygen atoms in total. The first kappa shape index (κ1) is 15.2. The highest BCUT2D eigenvalue weighted by Gasteiger charge is 2.19. The van der Waals surface area contributed by atoms with Gasteiger partial charge in [-0.1, -0.05) is 35.8 Å². The zero-order valence-electron chi connectivity index (χ0n) is 11.9. The van der Waals surface area contributed by atoms with Gasteiger partial charge in [-0.3, -0.25) is 0 Å². The average molecular weight is 343 g/mol. The van der Waals surface area contributed by atoms with Crippen molar-refractivity contribution in [3.8, 4) is 0 Å². The average Bonchev–Trinajstić information content (AvgIpc) is 2.37. The molecule has 0 aromatic heterocycles. The van der Waals surface area contributed by atoms with Gasteiger partial charge in [0.15, 0.2) is 0 Å². The van der Waals surface area contributed by atoms with E-state index >= 15 is 0 Å². The van der Waals surface area contributed by atoms with Crippen LogP contribution >= 0.6 is 27.7 Å². The van der Waals surface area contributed by atoms with Crippen molar-refractivity contribution in [3.05, 3.63) is 28.2 Å². The van der Waals surface area contributed by atoms with Crippen LogP contribution in [-0.4, -0.2) is 30.1 Å². The van der Waals surface area contributed by atoms with Crippen LogP contribution in [0.4, 0.5) is 5.69 Å². The Hall–Kier alpha value is -0.190. The van der Waals surface area contributed by atoms with Gasteiger partial charge in [-0.15, -0.1) is 0 Å². The van der Waals surface area contributed by atoms with Crippen molar-refractivity contribution in [3.63, 3.8) is 0 Å². The molecule has 0 aliphatic carbocycles. The van der Waals surface area contributed by atoms with Gasteiger partial charge in [-0.25, -0.2) is 0 Å². The van der Waals surface area contributed by atoms with Crippen LogP contribution in [0.25, 0.3) is 0 Å². The first-order valence-electron chi connectivity index (χ1n) is 6.94. The van der Waals surface area contributed by atoms with Crippen molar-refractivity contribution >= 4 is 33.4 Å². The molecule has 0 spiro atoms. The van der Waals surface area contributed by atoms with Crippen LogP contribution in [0.1, 0.15) is 26.3 Å². The van der Waals surface area contributed by atoms with Crippen molar-refractivity contribution in [2.24, 2.45) is 0 Å². The molecule has 4 heteroatoms. The topological polar surface area (TPSA) is 15.3 Å². The normalized spacial score (nSPS) is 20.1. The fourth-order valence-corrected chi connectivity index (χ4v) is 3.80. The Labute approximate surface area is 129 Å². The lowest BCUT2D eigenvalue weighted by Crippen LogP contribution is -2.40. The fraction of sp³-hybridized carbons (Fsp3) is 0.600. The number of hydrogen-bond donors (Lipinski definition) is 1. The molecule has 106 valence electrons. The van der Waals surface area contributed by atoms with Gasteiger partial charge < -0.3 is 10.2 Å². The third-order valence-electron chi connectivity index (χ3n) is 3.44. The van der Waals surface area contributed by atoms with Gasteiger partial charge in [0.2, 0.25) is 0 Å². The summed E-state index contributed by atoms with van der Waals surface area (Å²) in [4.78, 5) is 2.51. The van der Waals surface area contributed by atoms with Crippen molar-refractivity contribution in [2.75, 3.05) is 23.0 Å². The Morgan fingerprint density at radius 3 is 2.89 bits per heavy atom. The summed E-state index contributed by atoms with van der Waals surface area (Å²) in [6.45, 7) is 8.74. The summed E-state index contributed by atoms with van der Waals surface area (Å²) in [6, 6.07) is 7.91. The number of rotatable bonds is 4. The van der Waals surface area contributed by atoms with Crippen molar-refractivity contribution in [1.29, 1.82) is 0 Å². The summed E-state index contributed by atoms with van der Waals surface area (Å²) in [5, 5.41) is 3.46. The van der Waals surface area contributed by atoms with Crippen molar-refractivity contribution in [1.82, 2.24) is 5.32 Å². The quantitative estimate of drug-likeness (QED) is 0.893. The minimum Gasteiger partial charge on any atom is -0.367 e. The second-order valence-electron chi connectivity index (χ2n) is 5.43. The van der Waals surface area contributed by atoms with Gasteiger partial charge in [0.05, 0.1) is 0 Å². The SMILES string of the molecule is CC(C)NCc1ccc(N2CCSCC2C)cc1Br. The molecule has 19 heavy (non-hydrogen) atoms. The number of anilines is 1. The summed E-state index contributed by atoms with van der Waals surface area (Å²) >= 11 is 5.77. The van der Waals surface area contributed by atoms with E-state index in [2.05, 4.69) is 76.9 Å². The Morgan fingerprint density at radius 2 is 2.26 bits per heavy atom. The van der Waals surface area contributed by atoms with E-state index in [0.29, 0.717) is 12.1 Å². The molecular formula is C15H23BrN2S. The zero-order valence-corrected chi connectivity index (χ0v) is 14.4. The molecule has 0 radical (unpaired) electrons. The standard InChI is InChI=1S/C15H23BrN2S/c1-11(2)17-9-13-4-5-14(8-15(13)16)18-6-7-19-10-12(18)3/h4-5,8,11-12,17H,6-7,9-10H2,1-3H3. The van der Waals surface area contributed by atoms with Crippen LogP contribution < -0.4 is 10.2 Å².